The number of aliphatic hydroxyl groups is 2. The van der Waals surface area contributed by atoms with Crippen LogP contribution in [-0.4, -0.2) is 98.1 Å². The molecule has 1 aromatic heterocycles. The molecule has 6 rings (SSSR count). The highest BCUT2D eigenvalue weighted by Gasteiger charge is 2.74. The largest absolute Gasteiger partial charge is 0.492 e. The van der Waals surface area contributed by atoms with Crippen LogP contribution < -0.4 is 31.3 Å². The molecule has 0 aliphatic carbocycles. The van der Waals surface area contributed by atoms with E-state index in [1.165, 1.54) is 17.3 Å². The number of amides is 2. The molecule has 42 heavy (non-hydrogen) atoms. The van der Waals surface area contributed by atoms with Crippen LogP contribution in [0.3, 0.4) is 0 Å². The molecular formula is C27H34N10O5. The number of carbonyl (C=O) groups excluding carboxylic acids is 2. The maximum absolute atomic E-state index is 13.6. The molecule has 1 spiro atoms. The van der Waals surface area contributed by atoms with Gasteiger partial charge in [0.1, 0.15) is 11.8 Å². The maximum Gasteiger partial charge on any atom is 0.289 e. The van der Waals surface area contributed by atoms with Gasteiger partial charge in [0.2, 0.25) is 11.6 Å². The van der Waals surface area contributed by atoms with Gasteiger partial charge in [-0.1, -0.05) is 26.0 Å². The molecule has 0 unspecified atom stereocenters. The van der Waals surface area contributed by atoms with Gasteiger partial charge in [0.05, 0.1) is 24.3 Å². The van der Waals surface area contributed by atoms with Gasteiger partial charge >= 0.3 is 0 Å². The average molecular weight is 579 g/mol. The number of carbonyl (C=O) groups is 2. The second-order valence-electron chi connectivity index (χ2n) is 11.8. The standard InChI is InChI=1S/C27H34N10O5/c1-13-9-30-20(31-10-13)22(39)32-11-16-19-26(36-23(28)35-19)27(40,41)17(12-37(26)24(29)33-16)34-21(38)14-5-4-6-15-18(14)42-8-7-25(15,2)3/h4-6,9-10,16-17,19,40-41H,7-8,11-12H2,1-3H3,(H2,29,33)(H,32,39)(H,34,38)(H3,28,35,36)/t16-,17-,19-,26-/m0/s1. The number of nitrogens with one attached hydrogen (secondary N) is 7. The Balaban J connectivity index is 1.25. The van der Waals surface area contributed by atoms with Gasteiger partial charge in [-0.15, -0.1) is 0 Å². The summed E-state index contributed by atoms with van der Waals surface area (Å²) in [6.07, 6.45) is 3.83. The molecule has 3 saturated heterocycles. The molecule has 15 nitrogen and oxygen atoms in total. The third-order valence-corrected chi connectivity index (χ3v) is 8.63. The molecule has 4 aliphatic heterocycles. The summed E-state index contributed by atoms with van der Waals surface area (Å²) in [6.45, 7) is 6.20. The molecule has 5 heterocycles. The molecule has 222 valence electrons. The van der Waals surface area contributed by atoms with E-state index in [1.807, 2.05) is 6.07 Å². The number of benzene rings is 1. The third-order valence-electron chi connectivity index (χ3n) is 8.63. The van der Waals surface area contributed by atoms with E-state index in [2.05, 4.69) is 50.4 Å². The zero-order chi connectivity index (χ0) is 30.0. The topological polar surface area (TPSA) is 221 Å². The molecule has 2 aromatic rings. The Labute approximate surface area is 241 Å². The number of hydrogen-bond donors (Lipinski definition) is 9. The smallest absolute Gasteiger partial charge is 0.289 e. The minimum absolute atomic E-state index is 0.0363. The minimum Gasteiger partial charge on any atom is -0.492 e. The lowest BCUT2D eigenvalue weighted by molar-refractivity contribution is -0.232. The highest BCUT2D eigenvalue weighted by molar-refractivity contribution is 5.98. The molecule has 0 saturated carbocycles. The number of hydrogen-bond acceptors (Lipinski definition) is 9. The summed E-state index contributed by atoms with van der Waals surface area (Å²) < 4.78 is 5.89. The lowest BCUT2D eigenvalue weighted by Gasteiger charge is -2.51. The van der Waals surface area contributed by atoms with E-state index in [0.717, 1.165) is 17.5 Å². The molecule has 0 bridgehead atoms. The number of ether oxygens (including phenoxy) is 1. The first-order chi connectivity index (χ1) is 19.8. The minimum atomic E-state index is -2.66. The van der Waals surface area contributed by atoms with Crippen LogP contribution in [0.5, 0.6) is 5.75 Å². The molecule has 9 N–H and O–H groups in total. The number of nitrogens with zero attached hydrogens (tertiary/aromatic N) is 3. The van der Waals surface area contributed by atoms with Gasteiger partial charge in [0.15, 0.2) is 17.6 Å². The molecule has 4 aliphatic rings. The number of fused-ring (bicyclic) bond motifs is 1. The van der Waals surface area contributed by atoms with Crippen LogP contribution in [-0.2, 0) is 5.41 Å². The van der Waals surface area contributed by atoms with Crippen LogP contribution in [0.1, 0.15) is 52.4 Å². The molecule has 2 amide bonds. The van der Waals surface area contributed by atoms with E-state index in [0.29, 0.717) is 12.4 Å². The van der Waals surface area contributed by atoms with Crippen molar-refractivity contribution in [1.82, 2.24) is 41.5 Å². The summed E-state index contributed by atoms with van der Waals surface area (Å²) in [6, 6.07) is 2.37. The SMILES string of the molecule is Cc1cnc(C(=O)NC[C@@H]2NC(=N)N3C[C@H](NC(=O)c4cccc5c4OCCC5(C)C)C(O)(O)[C@@]34NC(=N)N[C@@H]24)nc1. The van der Waals surface area contributed by atoms with Gasteiger partial charge in [-0.3, -0.25) is 20.4 Å². The van der Waals surface area contributed by atoms with Crippen LogP contribution >= 0.6 is 0 Å². The molecule has 3 fully saturated rings. The number of aryl methyl sites for hydroxylation is 1. The van der Waals surface area contributed by atoms with Crippen LogP contribution in [0.15, 0.2) is 30.6 Å². The lowest BCUT2D eigenvalue weighted by atomic mass is 9.79. The predicted molar refractivity (Wildman–Crippen MR) is 149 cm³/mol. The third kappa shape index (κ3) is 4.10. The summed E-state index contributed by atoms with van der Waals surface area (Å²) in [5.74, 6) is -3.71. The normalized spacial score (nSPS) is 28.2. The summed E-state index contributed by atoms with van der Waals surface area (Å²) in [7, 11) is 0. The van der Waals surface area contributed by atoms with Crippen LogP contribution in [0.2, 0.25) is 0 Å². The highest BCUT2D eigenvalue weighted by atomic mass is 16.5. The number of guanidine groups is 2. The molecule has 1 aromatic carbocycles. The Morgan fingerprint density at radius 2 is 1.90 bits per heavy atom. The van der Waals surface area contributed by atoms with Gasteiger partial charge in [0, 0.05) is 31.0 Å². The van der Waals surface area contributed by atoms with Gasteiger partial charge in [0.25, 0.3) is 11.8 Å². The van der Waals surface area contributed by atoms with Crippen LogP contribution in [0, 0.1) is 17.7 Å². The zero-order valence-electron chi connectivity index (χ0n) is 23.4. The molecule has 4 atom stereocenters. The maximum atomic E-state index is 13.6. The van der Waals surface area contributed by atoms with Crippen molar-refractivity contribution in [2.24, 2.45) is 0 Å². The fourth-order valence-electron chi connectivity index (χ4n) is 6.32. The summed E-state index contributed by atoms with van der Waals surface area (Å²) in [4.78, 5) is 35.7. The van der Waals surface area contributed by atoms with Gasteiger partial charge in [-0.2, -0.15) is 0 Å². The Kier molecular flexibility index (Phi) is 6.27. The molecule has 15 heteroatoms. The highest BCUT2D eigenvalue weighted by Crippen LogP contribution is 2.44. The summed E-state index contributed by atoms with van der Waals surface area (Å²) in [5, 5.41) is 54.6. The number of aromatic nitrogens is 2. The summed E-state index contributed by atoms with van der Waals surface area (Å²) in [5.41, 5.74) is -0.0468. The van der Waals surface area contributed by atoms with Crippen molar-refractivity contribution in [1.29, 1.82) is 10.8 Å². The van der Waals surface area contributed by atoms with Crippen molar-refractivity contribution in [2.45, 2.75) is 62.2 Å². The Morgan fingerprint density at radius 1 is 1.17 bits per heavy atom. The van der Waals surface area contributed by atoms with E-state index < -0.39 is 41.4 Å². The van der Waals surface area contributed by atoms with Crippen molar-refractivity contribution < 1.29 is 24.5 Å². The monoisotopic (exact) mass is 578 g/mol. The second-order valence-corrected chi connectivity index (χ2v) is 11.8. The first kappa shape index (κ1) is 27.7. The molecule has 0 radical (unpaired) electrons. The predicted octanol–water partition coefficient (Wildman–Crippen LogP) is -1.53. The van der Waals surface area contributed by atoms with Crippen molar-refractivity contribution in [2.75, 3.05) is 19.7 Å². The van der Waals surface area contributed by atoms with Crippen LogP contribution in [0.25, 0.3) is 0 Å². The van der Waals surface area contributed by atoms with Crippen LogP contribution in [0.4, 0.5) is 0 Å². The Morgan fingerprint density at radius 3 is 2.64 bits per heavy atom. The quantitative estimate of drug-likeness (QED) is 0.185. The van der Waals surface area contributed by atoms with Crippen molar-refractivity contribution in [3.05, 3.63) is 53.1 Å². The summed E-state index contributed by atoms with van der Waals surface area (Å²) >= 11 is 0. The van der Waals surface area contributed by atoms with Crippen molar-refractivity contribution >= 4 is 23.7 Å². The van der Waals surface area contributed by atoms with E-state index in [9.17, 15) is 19.8 Å². The zero-order valence-corrected chi connectivity index (χ0v) is 23.4. The first-order valence-corrected chi connectivity index (χ1v) is 13.7. The molecular weight excluding hydrogens is 544 g/mol. The van der Waals surface area contributed by atoms with E-state index >= 15 is 0 Å². The lowest BCUT2D eigenvalue weighted by Crippen LogP contribution is -2.81. The second kappa shape index (κ2) is 9.52. The Bertz CT molecular complexity index is 1480. The van der Waals surface area contributed by atoms with Crippen molar-refractivity contribution in [3.8, 4) is 5.75 Å². The van der Waals surface area contributed by atoms with Gasteiger partial charge in [-0.25, -0.2) is 9.97 Å². The Hall–Kier alpha value is -4.50. The number of rotatable bonds is 5. The average Bonchev–Trinajstić information content (AvgIpc) is 3.41. The van der Waals surface area contributed by atoms with Gasteiger partial charge in [-0.05, 0) is 30.4 Å². The first-order valence-electron chi connectivity index (χ1n) is 13.7. The van der Waals surface area contributed by atoms with E-state index in [-0.39, 0.29) is 41.8 Å². The van der Waals surface area contributed by atoms with Gasteiger partial charge < -0.3 is 46.4 Å². The fourth-order valence-corrected chi connectivity index (χ4v) is 6.32. The van der Waals surface area contributed by atoms with Crippen molar-refractivity contribution in [3.63, 3.8) is 0 Å². The van der Waals surface area contributed by atoms with E-state index in [1.54, 1.807) is 19.1 Å². The fraction of sp³-hybridized carbons (Fsp3) is 0.481. The number of para-hydroxylation sites is 1. The van der Waals surface area contributed by atoms with E-state index in [4.69, 9.17) is 15.6 Å².